The molecule has 4 nitrogen and oxygen atoms in total. The van der Waals surface area contributed by atoms with Crippen molar-refractivity contribution in [3.8, 4) is 0 Å². The highest BCUT2D eigenvalue weighted by molar-refractivity contribution is 7.14. The van der Waals surface area contributed by atoms with Crippen molar-refractivity contribution in [1.29, 1.82) is 0 Å². The Morgan fingerprint density at radius 1 is 1.53 bits per heavy atom. The Balaban J connectivity index is 2.35. The maximum atomic E-state index is 13.6. The van der Waals surface area contributed by atoms with Crippen LogP contribution < -0.4 is 5.32 Å². The van der Waals surface area contributed by atoms with E-state index in [2.05, 4.69) is 10.3 Å². The number of aromatic carboxylic acids is 1. The molecule has 2 N–H and O–H groups in total. The van der Waals surface area contributed by atoms with Crippen LogP contribution in [0.1, 0.15) is 10.5 Å². The molecule has 1 aromatic heterocycles. The zero-order chi connectivity index (χ0) is 12.4. The van der Waals surface area contributed by atoms with Gasteiger partial charge in [-0.05, 0) is 12.1 Å². The Labute approximate surface area is 105 Å². The van der Waals surface area contributed by atoms with Gasteiger partial charge in [-0.2, -0.15) is 0 Å². The lowest BCUT2D eigenvalue weighted by Gasteiger charge is -2.06. The molecule has 1 aromatic carbocycles. The molecule has 1 heterocycles. The summed E-state index contributed by atoms with van der Waals surface area (Å²) >= 11 is 6.69. The molecule has 2 aromatic rings. The van der Waals surface area contributed by atoms with E-state index in [0.717, 1.165) is 11.3 Å². The van der Waals surface area contributed by atoms with Gasteiger partial charge in [0.05, 0.1) is 16.2 Å². The summed E-state index contributed by atoms with van der Waals surface area (Å²) in [5.41, 5.74) is 1.34. The number of aromatic nitrogens is 1. The van der Waals surface area contributed by atoms with Crippen LogP contribution in [0.2, 0.25) is 5.02 Å². The van der Waals surface area contributed by atoms with E-state index < -0.39 is 11.8 Å². The third-order valence-electron chi connectivity index (χ3n) is 1.97. The molecule has 7 heteroatoms. The summed E-state index contributed by atoms with van der Waals surface area (Å²) in [6.45, 7) is 0. The molecule has 17 heavy (non-hydrogen) atoms. The SMILES string of the molecule is O=C(O)c1ncsc1Nc1cccc(Cl)c1F. The number of hydrogen-bond donors (Lipinski definition) is 2. The number of thiazole rings is 1. The van der Waals surface area contributed by atoms with Crippen molar-refractivity contribution in [2.75, 3.05) is 5.32 Å². The van der Waals surface area contributed by atoms with Crippen LogP contribution in [0.15, 0.2) is 23.7 Å². The fourth-order valence-corrected chi connectivity index (χ4v) is 2.07. The molecule has 0 aliphatic rings. The summed E-state index contributed by atoms with van der Waals surface area (Å²) in [7, 11) is 0. The van der Waals surface area contributed by atoms with Gasteiger partial charge in [0.15, 0.2) is 11.5 Å². The van der Waals surface area contributed by atoms with E-state index in [0.29, 0.717) is 0 Å². The van der Waals surface area contributed by atoms with Gasteiger partial charge >= 0.3 is 5.97 Å². The number of carbonyl (C=O) groups is 1. The molecule has 0 spiro atoms. The standard InChI is InChI=1S/C10H6ClFN2O2S/c11-5-2-1-3-6(7(5)12)14-9-8(10(15)16)13-4-17-9/h1-4,14H,(H,15,16). The predicted molar refractivity (Wildman–Crippen MR) is 63.8 cm³/mol. The monoisotopic (exact) mass is 272 g/mol. The molecule has 0 saturated heterocycles. The molecule has 0 saturated carbocycles. The number of carboxylic acids is 1. The third kappa shape index (κ3) is 2.37. The average Bonchev–Trinajstić information content (AvgIpc) is 2.73. The first-order valence-electron chi connectivity index (χ1n) is 4.47. The Bertz CT molecular complexity index is 573. The molecule has 0 atom stereocenters. The Hall–Kier alpha value is -1.66. The lowest BCUT2D eigenvalue weighted by Crippen LogP contribution is -2.02. The fraction of sp³-hybridized carbons (Fsp3) is 0. The van der Waals surface area contributed by atoms with Gasteiger partial charge in [-0.15, -0.1) is 11.3 Å². The molecule has 0 fully saturated rings. The first-order chi connectivity index (χ1) is 8.09. The summed E-state index contributed by atoms with van der Waals surface area (Å²) in [6.07, 6.45) is 0. The number of benzene rings is 1. The lowest BCUT2D eigenvalue weighted by atomic mass is 10.3. The molecule has 2 rings (SSSR count). The molecule has 0 radical (unpaired) electrons. The van der Waals surface area contributed by atoms with E-state index >= 15 is 0 Å². The van der Waals surface area contributed by atoms with Gasteiger partial charge in [0.1, 0.15) is 5.00 Å². The summed E-state index contributed by atoms with van der Waals surface area (Å²) < 4.78 is 13.6. The Morgan fingerprint density at radius 2 is 2.29 bits per heavy atom. The van der Waals surface area contributed by atoms with Crippen molar-refractivity contribution >= 4 is 39.6 Å². The number of halogens is 2. The molecular formula is C10H6ClFN2O2S. The first-order valence-corrected chi connectivity index (χ1v) is 5.73. The average molecular weight is 273 g/mol. The van der Waals surface area contributed by atoms with Crippen LogP contribution in [0, 0.1) is 5.82 Å². The summed E-state index contributed by atoms with van der Waals surface area (Å²) in [4.78, 5) is 14.5. The predicted octanol–water partition coefficient (Wildman–Crippen LogP) is 3.38. The summed E-state index contributed by atoms with van der Waals surface area (Å²) in [6, 6.07) is 4.44. The van der Waals surface area contributed by atoms with Gasteiger partial charge in [0.2, 0.25) is 0 Å². The van der Waals surface area contributed by atoms with Crippen LogP contribution in [0.3, 0.4) is 0 Å². The van der Waals surface area contributed by atoms with E-state index in [1.165, 1.54) is 17.6 Å². The number of nitrogens with one attached hydrogen (secondary N) is 1. The van der Waals surface area contributed by atoms with Gasteiger partial charge in [-0.3, -0.25) is 0 Å². The van der Waals surface area contributed by atoms with Crippen LogP contribution in [-0.2, 0) is 0 Å². The van der Waals surface area contributed by atoms with Gasteiger partial charge in [-0.25, -0.2) is 14.2 Å². The minimum absolute atomic E-state index is 0.0311. The first kappa shape index (κ1) is 11.8. The number of carboxylic acid groups (broad SMARTS) is 1. The largest absolute Gasteiger partial charge is 0.476 e. The molecule has 0 bridgehead atoms. The number of rotatable bonds is 3. The quantitative estimate of drug-likeness (QED) is 0.899. The van der Waals surface area contributed by atoms with E-state index in [4.69, 9.17) is 16.7 Å². The maximum Gasteiger partial charge on any atom is 0.357 e. The van der Waals surface area contributed by atoms with Crippen LogP contribution in [0.4, 0.5) is 15.1 Å². The van der Waals surface area contributed by atoms with Crippen LogP contribution in [0.25, 0.3) is 0 Å². The Kier molecular flexibility index (Phi) is 3.26. The second kappa shape index (κ2) is 4.68. The fourth-order valence-electron chi connectivity index (χ4n) is 1.21. The van der Waals surface area contributed by atoms with Gasteiger partial charge < -0.3 is 10.4 Å². The normalized spacial score (nSPS) is 10.2. The maximum absolute atomic E-state index is 13.6. The van der Waals surface area contributed by atoms with Crippen molar-refractivity contribution in [2.24, 2.45) is 0 Å². The molecular weight excluding hydrogens is 267 g/mol. The van der Waals surface area contributed by atoms with E-state index in [1.54, 1.807) is 6.07 Å². The van der Waals surface area contributed by atoms with Crippen molar-refractivity contribution in [1.82, 2.24) is 4.98 Å². The Morgan fingerprint density at radius 3 is 3.00 bits per heavy atom. The van der Waals surface area contributed by atoms with Crippen molar-refractivity contribution in [3.05, 3.63) is 40.2 Å². The van der Waals surface area contributed by atoms with Crippen molar-refractivity contribution in [2.45, 2.75) is 0 Å². The van der Waals surface area contributed by atoms with Gasteiger partial charge in [-0.1, -0.05) is 17.7 Å². The molecule has 88 valence electrons. The van der Waals surface area contributed by atoms with E-state index in [9.17, 15) is 9.18 Å². The van der Waals surface area contributed by atoms with Crippen molar-refractivity contribution < 1.29 is 14.3 Å². The molecule has 0 aliphatic carbocycles. The molecule has 0 amide bonds. The second-order valence-electron chi connectivity index (χ2n) is 3.06. The highest BCUT2D eigenvalue weighted by Crippen LogP contribution is 2.29. The zero-order valence-electron chi connectivity index (χ0n) is 8.28. The zero-order valence-corrected chi connectivity index (χ0v) is 9.85. The van der Waals surface area contributed by atoms with Gasteiger partial charge in [0, 0.05) is 0 Å². The minimum atomic E-state index is -1.17. The highest BCUT2D eigenvalue weighted by atomic mass is 35.5. The smallest absolute Gasteiger partial charge is 0.357 e. The summed E-state index contributed by atoms with van der Waals surface area (Å²) in [5, 5.41) is 11.7. The lowest BCUT2D eigenvalue weighted by molar-refractivity contribution is 0.0692. The van der Waals surface area contributed by atoms with Gasteiger partial charge in [0.25, 0.3) is 0 Å². The van der Waals surface area contributed by atoms with Crippen molar-refractivity contribution in [3.63, 3.8) is 0 Å². The molecule has 0 unspecified atom stereocenters. The van der Waals surface area contributed by atoms with Crippen LogP contribution in [0.5, 0.6) is 0 Å². The second-order valence-corrected chi connectivity index (χ2v) is 4.32. The van der Waals surface area contributed by atoms with E-state index in [-0.39, 0.29) is 21.4 Å². The third-order valence-corrected chi connectivity index (χ3v) is 3.00. The van der Waals surface area contributed by atoms with E-state index in [1.807, 2.05) is 0 Å². The number of nitrogens with zero attached hydrogens (tertiary/aromatic N) is 1. The molecule has 0 aliphatic heterocycles. The number of hydrogen-bond acceptors (Lipinski definition) is 4. The summed E-state index contributed by atoms with van der Waals surface area (Å²) in [5.74, 6) is -1.80. The topological polar surface area (TPSA) is 62.2 Å². The van der Waals surface area contributed by atoms with Crippen LogP contribution >= 0.6 is 22.9 Å². The highest BCUT2D eigenvalue weighted by Gasteiger charge is 2.15. The number of anilines is 2. The van der Waals surface area contributed by atoms with Crippen LogP contribution in [-0.4, -0.2) is 16.1 Å². The minimum Gasteiger partial charge on any atom is -0.476 e.